The van der Waals surface area contributed by atoms with E-state index in [0.717, 1.165) is 37.1 Å². The first-order valence-corrected chi connectivity index (χ1v) is 9.11. The molecule has 1 heterocycles. The number of hydrogen-bond acceptors (Lipinski definition) is 3. The molecule has 2 rings (SSSR count). The van der Waals surface area contributed by atoms with E-state index in [4.69, 9.17) is 9.47 Å². The molecule has 0 saturated carbocycles. The Morgan fingerprint density at radius 2 is 2.12 bits per heavy atom. The molecular formula is C20H31NO3. The SMILES string of the molecule is CC[C@H](C)[C@@H]1CCCCN1C(=O)[C@H](C)OCc1cccc(OC)c1. The molecule has 0 N–H and O–H groups in total. The molecule has 1 fully saturated rings. The van der Waals surface area contributed by atoms with Crippen LogP contribution in [0.1, 0.15) is 52.0 Å². The van der Waals surface area contributed by atoms with Gasteiger partial charge in [-0.1, -0.05) is 32.4 Å². The third kappa shape index (κ3) is 4.73. The number of methoxy groups -OCH3 is 1. The van der Waals surface area contributed by atoms with Crippen molar-refractivity contribution >= 4 is 5.91 Å². The number of amides is 1. The third-order valence-corrected chi connectivity index (χ3v) is 5.12. The lowest BCUT2D eigenvalue weighted by Crippen LogP contribution is -2.50. The fourth-order valence-electron chi connectivity index (χ4n) is 3.38. The molecule has 1 aromatic carbocycles. The minimum atomic E-state index is -0.416. The molecule has 1 amide bonds. The van der Waals surface area contributed by atoms with E-state index in [1.54, 1.807) is 7.11 Å². The van der Waals surface area contributed by atoms with Crippen molar-refractivity contribution in [3.8, 4) is 5.75 Å². The Bertz CT molecular complexity index is 531. The van der Waals surface area contributed by atoms with Gasteiger partial charge in [-0.25, -0.2) is 0 Å². The normalized spacial score (nSPS) is 20.5. The maximum Gasteiger partial charge on any atom is 0.251 e. The Kier molecular flexibility index (Phi) is 7.10. The average Bonchev–Trinajstić information content (AvgIpc) is 2.64. The van der Waals surface area contributed by atoms with E-state index in [-0.39, 0.29) is 5.91 Å². The van der Waals surface area contributed by atoms with Gasteiger partial charge in [0.25, 0.3) is 5.91 Å². The number of nitrogens with zero attached hydrogens (tertiary/aromatic N) is 1. The van der Waals surface area contributed by atoms with E-state index in [0.29, 0.717) is 18.6 Å². The number of piperidine rings is 1. The summed E-state index contributed by atoms with van der Waals surface area (Å²) < 4.78 is 11.1. The topological polar surface area (TPSA) is 38.8 Å². The van der Waals surface area contributed by atoms with E-state index in [2.05, 4.69) is 18.7 Å². The van der Waals surface area contributed by atoms with Gasteiger partial charge in [0.05, 0.1) is 13.7 Å². The molecule has 0 unspecified atom stereocenters. The molecule has 4 heteroatoms. The van der Waals surface area contributed by atoms with Crippen molar-refractivity contribution < 1.29 is 14.3 Å². The number of carbonyl (C=O) groups excluding carboxylic acids is 1. The van der Waals surface area contributed by atoms with Crippen molar-refractivity contribution in [1.29, 1.82) is 0 Å². The quantitative estimate of drug-likeness (QED) is 0.756. The van der Waals surface area contributed by atoms with E-state index in [9.17, 15) is 4.79 Å². The Morgan fingerprint density at radius 1 is 1.33 bits per heavy atom. The van der Waals surface area contributed by atoms with Gasteiger partial charge in [-0.15, -0.1) is 0 Å². The van der Waals surface area contributed by atoms with Crippen LogP contribution in [0.5, 0.6) is 5.75 Å². The molecule has 1 aromatic rings. The Labute approximate surface area is 146 Å². The summed E-state index contributed by atoms with van der Waals surface area (Å²) in [5, 5.41) is 0. The molecule has 0 radical (unpaired) electrons. The van der Waals surface area contributed by atoms with Crippen LogP contribution < -0.4 is 4.74 Å². The zero-order chi connectivity index (χ0) is 17.5. The number of hydrogen-bond donors (Lipinski definition) is 0. The van der Waals surface area contributed by atoms with Gasteiger partial charge < -0.3 is 14.4 Å². The van der Waals surface area contributed by atoms with Crippen molar-refractivity contribution in [1.82, 2.24) is 4.90 Å². The van der Waals surface area contributed by atoms with Crippen LogP contribution in [0.3, 0.4) is 0 Å². The summed E-state index contributed by atoms with van der Waals surface area (Å²) in [5.41, 5.74) is 1.02. The summed E-state index contributed by atoms with van der Waals surface area (Å²) in [4.78, 5) is 14.9. The second-order valence-corrected chi connectivity index (χ2v) is 6.79. The molecule has 0 bridgehead atoms. The summed E-state index contributed by atoms with van der Waals surface area (Å²) in [6.45, 7) is 7.60. The first-order chi connectivity index (χ1) is 11.6. The third-order valence-electron chi connectivity index (χ3n) is 5.12. The summed E-state index contributed by atoms with van der Waals surface area (Å²) >= 11 is 0. The van der Waals surface area contributed by atoms with E-state index in [1.807, 2.05) is 31.2 Å². The number of benzene rings is 1. The molecule has 4 nitrogen and oxygen atoms in total. The summed E-state index contributed by atoms with van der Waals surface area (Å²) in [6.07, 6.45) is 4.12. The van der Waals surface area contributed by atoms with E-state index >= 15 is 0 Å². The zero-order valence-electron chi connectivity index (χ0n) is 15.5. The monoisotopic (exact) mass is 333 g/mol. The minimum Gasteiger partial charge on any atom is -0.497 e. The van der Waals surface area contributed by atoms with Crippen molar-refractivity contribution in [2.75, 3.05) is 13.7 Å². The van der Waals surface area contributed by atoms with Crippen molar-refractivity contribution in [2.24, 2.45) is 5.92 Å². The lowest BCUT2D eigenvalue weighted by molar-refractivity contribution is -0.148. The van der Waals surface area contributed by atoms with Gasteiger partial charge in [-0.3, -0.25) is 4.79 Å². The lowest BCUT2D eigenvalue weighted by Gasteiger charge is -2.40. The summed E-state index contributed by atoms with van der Waals surface area (Å²) in [5.74, 6) is 1.48. The standard InChI is InChI=1S/C20H31NO3/c1-5-15(2)19-11-6-7-12-21(19)20(22)16(3)24-14-17-9-8-10-18(13-17)23-4/h8-10,13,15-16,19H,5-7,11-12,14H2,1-4H3/t15-,16-,19-/m0/s1. The van der Waals surface area contributed by atoms with Crippen LogP contribution in [-0.4, -0.2) is 36.6 Å². The first-order valence-electron chi connectivity index (χ1n) is 9.11. The summed E-state index contributed by atoms with van der Waals surface area (Å²) in [7, 11) is 1.65. The van der Waals surface area contributed by atoms with Gasteiger partial charge in [0.15, 0.2) is 0 Å². The Morgan fingerprint density at radius 3 is 2.83 bits per heavy atom. The Hall–Kier alpha value is -1.55. The number of carbonyl (C=O) groups is 1. The average molecular weight is 333 g/mol. The van der Waals surface area contributed by atoms with Crippen molar-refractivity contribution in [3.05, 3.63) is 29.8 Å². The van der Waals surface area contributed by atoms with Crippen LogP contribution in [0.15, 0.2) is 24.3 Å². The first kappa shape index (κ1) is 18.8. The molecule has 0 aliphatic carbocycles. The molecule has 1 aliphatic heterocycles. The molecule has 24 heavy (non-hydrogen) atoms. The molecule has 0 aromatic heterocycles. The van der Waals surface area contributed by atoms with Crippen LogP contribution in [0.25, 0.3) is 0 Å². The maximum atomic E-state index is 12.8. The second-order valence-electron chi connectivity index (χ2n) is 6.79. The molecule has 3 atom stereocenters. The second kappa shape index (κ2) is 9.07. The molecular weight excluding hydrogens is 302 g/mol. The number of likely N-dealkylation sites (tertiary alicyclic amines) is 1. The van der Waals surface area contributed by atoms with Crippen molar-refractivity contribution in [3.63, 3.8) is 0 Å². The molecule has 1 aliphatic rings. The van der Waals surface area contributed by atoms with Gasteiger partial charge in [0.2, 0.25) is 0 Å². The van der Waals surface area contributed by atoms with Crippen LogP contribution in [0.4, 0.5) is 0 Å². The molecule has 134 valence electrons. The molecule has 1 saturated heterocycles. The maximum absolute atomic E-state index is 12.8. The highest BCUT2D eigenvalue weighted by Gasteiger charge is 2.32. The predicted molar refractivity (Wildman–Crippen MR) is 96.1 cm³/mol. The van der Waals surface area contributed by atoms with Gasteiger partial charge in [-0.05, 0) is 49.8 Å². The highest BCUT2D eigenvalue weighted by Crippen LogP contribution is 2.26. The highest BCUT2D eigenvalue weighted by atomic mass is 16.5. The number of rotatable bonds is 7. The van der Waals surface area contributed by atoms with Gasteiger partial charge in [-0.2, -0.15) is 0 Å². The predicted octanol–water partition coefficient (Wildman–Crippen LogP) is 4.03. The molecule has 0 spiro atoms. The van der Waals surface area contributed by atoms with Gasteiger partial charge in [0, 0.05) is 12.6 Å². The number of ether oxygens (including phenoxy) is 2. The zero-order valence-corrected chi connectivity index (χ0v) is 15.5. The highest BCUT2D eigenvalue weighted by molar-refractivity contribution is 5.81. The summed E-state index contributed by atoms with van der Waals surface area (Å²) in [6, 6.07) is 8.14. The van der Waals surface area contributed by atoms with Gasteiger partial charge in [0.1, 0.15) is 11.9 Å². The fourth-order valence-corrected chi connectivity index (χ4v) is 3.38. The fraction of sp³-hybridized carbons (Fsp3) is 0.650. The van der Waals surface area contributed by atoms with Gasteiger partial charge >= 0.3 is 0 Å². The largest absolute Gasteiger partial charge is 0.497 e. The van der Waals surface area contributed by atoms with Crippen LogP contribution in [0, 0.1) is 5.92 Å². The lowest BCUT2D eigenvalue weighted by atomic mass is 9.89. The van der Waals surface area contributed by atoms with E-state index in [1.165, 1.54) is 6.42 Å². The minimum absolute atomic E-state index is 0.128. The van der Waals surface area contributed by atoms with Crippen LogP contribution in [0.2, 0.25) is 0 Å². The van der Waals surface area contributed by atoms with Crippen molar-refractivity contribution in [2.45, 2.75) is 65.2 Å². The van der Waals surface area contributed by atoms with Crippen LogP contribution in [-0.2, 0) is 16.1 Å². The Balaban J connectivity index is 1.94. The van der Waals surface area contributed by atoms with E-state index < -0.39 is 6.10 Å². The van der Waals surface area contributed by atoms with Crippen LogP contribution >= 0.6 is 0 Å². The smallest absolute Gasteiger partial charge is 0.251 e.